The molecular weight excluding hydrogens is 262 g/mol. The summed E-state index contributed by atoms with van der Waals surface area (Å²) in [6, 6.07) is 3.46. The number of benzene rings is 1. The summed E-state index contributed by atoms with van der Waals surface area (Å²) in [5.41, 5.74) is 0.574. The molecule has 1 heterocycles. The molecule has 0 saturated carbocycles. The molecule has 1 aromatic rings. The van der Waals surface area contributed by atoms with Gasteiger partial charge < -0.3 is 4.90 Å². The first-order valence-electron chi connectivity index (χ1n) is 6.95. The van der Waals surface area contributed by atoms with Crippen molar-refractivity contribution in [2.24, 2.45) is 5.92 Å². The second-order valence-electron chi connectivity index (χ2n) is 5.47. The topological polar surface area (TPSA) is 32.3 Å². The van der Waals surface area contributed by atoms with Crippen molar-refractivity contribution in [3.05, 3.63) is 35.4 Å². The molecule has 0 bridgehead atoms. The van der Waals surface area contributed by atoms with E-state index >= 15 is 0 Å². The summed E-state index contributed by atoms with van der Waals surface area (Å²) >= 11 is 0. The van der Waals surface area contributed by atoms with Gasteiger partial charge in [-0.15, -0.1) is 0 Å². The lowest BCUT2D eigenvalue weighted by Gasteiger charge is -2.27. The van der Waals surface area contributed by atoms with E-state index in [0.29, 0.717) is 18.0 Å². The maximum atomic E-state index is 13.4. The van der Waals surface area contributed by atoms with Crippen molar-refractivity contribution in [3.8, 4) is 0 Å². The summed E-state index contributed by atoms with van der Waals surface area (Å²) < 4.78 is 26.4. The number of carbonyl (C=O) groups excluding carboxylic acids is 1. The Kier molecular flexibility index (Phi) is 4.38. The molecule has 2 rings (SSSR count). The highest BCUT2D eigenvalue weighted by molar-refractivity contribution is 5.84. The van der Waals surface area contributed by atoms with Crippen molar-refractivity contribution in [1.82, 2.24) is 10.2 Å². The number of nitrogens with one attached hydrogen (secondary N) is 1. The summed E-state index contributed by atoms with van der Waals surface area (Å²) in [6.07, 6.45) is 0.574. The number of amides is 1. The van der Waals surface area contributed by atoms with Gasteiger partial charge in [-0.05, 0) is 30.5 Å². The van der Waals surface area contributed by atoms with Crippen molar-refractivity contribution in [2.45, 2.75) is 39.4 Å². The van der Waals surface area contributed by atoms with Crippen LogP contribution in [-0.2, 0) is 4.79 Å². The molecule has 1 saturated heterocycles. The highest BCUT2D eigenvalue weighted by Gasteiger charge is 2.37. The minimum Gasteiger partial charge on any atom is -0.321 e. The van der Waals surface area contributed by atoms with Crippen LogP contribution in [0.5, 0.6) is 0 Å². The first-order chi connectivity index (χ1) is 9.43. The Morgan fingerprint density at radius 3 is 2.65 bits per heavy atom. The van der Waals surface area contributed by atoms with Gasteiger partial charge in [0, 0.05) is 6.54 Å². The second-order valence-corrected chi connectivity index (χ2v) is 5.47. The van der Waals surface area contributed by atoms with Crippen molar-refractivity contribution >= 4 is 5.91 Å². The average molecular weight is 282 g/mol. The van der Waals surface area contributed by atoms with Crippen LogP contribution in [-0.4, -0.2) is 23.4 Å². The molecule has 1 amide bonds. The molecule has 1 fully saturated rings. The molecule has 20 heavy (non-hydrogen) atoms. The van der Waals surface area contributed by atoms with Crippen LogP contribution in [0.15, 0.2) is 18.2 Å². The van der Waals surface area contributed by atoms with Gasteiger partial charge in [-0.3, -0.25) is 10.1 Å². The molecule has 1 aliphatic rings. The zero-order valence-electron chi connectivity index (χ0n) is 12.0. The lowest BCUT2D eigenvalue weighted by atomic mass is 10.1. The van der Waals surface area contributed by atoms with Crippen LogP contribution in [0.2, 0.25) is 0 Å². The number of rotatable bonds is 4. The van der Waals surface area contributed by atoms with E-state index in [-0.39, 0.29) is 18.1 Å². The minimum absolute atomic E-state index is 0.0000307. The van der Waals surface area contributed by atoms with E-state index in [2.05, 4.69) is 19.2 Å². The SMILES string of the molecule is CCC(C)CN1C(=O)C(C)NC1c1ccc(F)c(F)c1. The van der Waals surface area contributed by atoms with Crippen molar-refractivity contribution in [1.29, 1.82) is 0 Å². The highest BCUT2D eigenvalue weighted by Crippen LogP contribution is 2.27. The van der Waals surface area contributed by atoms with Crippen molar-refractivity contribution < 1.29 is 13.6 Å². The summed E-state index contributed by atoms with van der Waals surface area (Å²) in [5, 5.41) is 3.13. The van der Waals surface area contributed by atoms with Gasteiger partial charge in [-0.25, -0.2) is 8.78 Å². The molecule has 3 unspecified atom stereocenters. The van der Waals surface area contributed by atoms with E-state index in [9.17, 15) is 13.6 Å². The monoisotopic (exact) mass is 282 g/mol. The average Bonchev–Trinajstić information content (AvgIpc) is 2.70. The van der Waals surface area contributed by atoms with Crippen LogP contribution in [0.1, 0.15) is 38.9 Å². The standard InChI is InChI=1S/C15H20F2N2O/c1-4-9(2)8-19-14(18-10(3)15(19)20)11-5-6-12(16)13(17)7-11/h5-7,9-10,14,18H,4,8H2,1-3H3. The van der Waals surface area contributed by atoms with Crippen molar-refractivity contribution in [2.75, 3.05) is 6.54 Å². The number of nitrogens with zero attached hydrogens (tertiary/aromatic N) is 1. The van der Waals surface area contributed by atoms with Gasteiger partial charge >= 0.3 is 0 Å². The molecule has 110 valence electrons. The Bertz CT molecular complexity index is 507. The lowest BCUT2D eigenvalue weighted by Crippen LogP contribution is -2.34. The zero-order chi connectivity index (χ0) is 14.9. The van der Waals surface area contributed by atoms with Gasteiger partial charge in [0.15, 0.2) is 11.6 Å². The van der Waals surface area contributed by atoms with E-state index in [1.165, 1.54) is 6.07 Å². The molecule has 3 atom stereocenters. The first kappa shape index (κ1) is 14.9. The Morgan fingerprint density at radius 1 is 1.35 bits per heavy atom. The third kappa shape index (κ3) is 2.82. The Morgan fingerprint density at radius 2 is 2.05 bits per heavy atom. The normalized spacial score (nSPS) is 24.2. The van der Waals surface area contributed by atoms with Crippen LogP contribution >= 0.6 is 0 Å². The molecule has 0 spiro atoms. The van der Waals surface area contributed by atoms with Crippen molar-refractivity contribution in [3.63, 3.8) is 0 Å². The molecule has 1 N–H and O–H groups in total. The summed E-state index contributed by atoms with van der Waals surface area (Å²) in [6.45, 7) is 6.52. The molecule has 0 aromatic heterocycles. The third-order valence-corrected chi connectivity index (χ3v) is 3.84. The van der Waals surface area contributed by atoms with E-state index in [0.717, 1.165) is 18.6 Å². The van der Waals surface area contributed by atoms with Gasteiger partial charge in [0.05, 0.1) is 6.04 Å². The van der Waals surface area contributed by atoms with Gasteiger partial charge in [0.1, 0.15) is 6.17 Å². The van der Waals surface area contributed by atoms with E-state index in [1.54, 1.807) is 11.8 Å². The molecule has 0 radical (unpaired) electrons. The summed E-state index contributed by atoms with van der Waals surface area (Å²) in [7, 11) is 0. The largest absolute Gasteiger partial charge is 0.321 e. The zero-order valence-corrected chi connectivity index (χ0v) is 12.0. The molecule has 1 aromatic carbocycles. The number of halogens is 2. The quantitative estimate of drug-likeness (QED) is 0.921. The first-order valence-corrected chi connectivity index (χ1v) is 6.95. The number of carbonyl (C=O) groups is 1. The van der Waals surface area contributed by atoms with Gasteiger partial charge in [0.25, 0.3) is 0 Å². The fourth-order valence-corrected chi connectivity index (χ4v) is 2.39. The Labute approximate surface area is 118 Å². The van der Waals surface area contributed by atoms with Crippen LogP contribution in [0, 0.1) is 17.6 Å². The Hall–Kier alpha value is -1.49. The van der Waals surface area contributed by atoms with Crippen LogP contribution < -0.4 is 5.32 Å². The second kappa shape index (κ2) is 5.87. The Balaban J connectivity index is 2.27. The lowest BCUT2D eigenvalue weighted by molar-refractivity contribution is -0.130. The van der Waals surface area contributed by atoms with Gasteiger partial charge in [0.2, 0.25) is 5.91 Å². The van der Waals surface area contributed by atoms with Crippen LogP contribution in [0.4, 0.5) is 8.78 Å². The van der Waals surface area contributed by atoms with Gasteiger partial charge in [-0.1, -0.05) is 26.3 Å². The molecule has 0 aliphatic carbocycles. The number of hydrogen-bond acceptors (Lipinski definition) is 2. The smallest absolute Gasteiger partial charge is 0.241 e. The minimum atomic E-state index is -0.889. The van der Waals surface area contributed by atoms with Crippen LogP contribution in [0.25, 0.3) is 0 Å². The molecule has 1 aliphatic heterocycles. The van der Waals surface area contributed by atoms with E-state index in [4.69, 9.17) is 0 Å². The third-order valence-electron chi connectivity index (χ3n) is 3.84. The fraction of sp³-hybridized carbons (Fsp3) is 0.533. The maximum absolute atomic E-state index is 13.4. The molecule has 5 heteroatoms. The van der Waals surface area contributed by atoms with Crippen LogP contribution in [0.3, 0.4) is 0 Å². The summed E-state index contributed by atoms with van der Waals surface area (Å²) in [4.78, 5) is 13.9. The molecular formula is C15H20F2N2O. The molecule has 3 nitrogen and oxygen atoms in total. The van der Waals surface area contributed by atoms with E-state index in [1.807, 2.05) is 0 Å². The predicted octanol–water partition coefficient (Wildman–Crippen LogP) is 2.83. The van der Waals surface area contributed by atoms with E-state index < -0.39 is 11.6 Å². The van der Waals surface area contributed by atoms with Gasteiger partial charge in [-0.2, -0.15) is 0 Å². The fourth-order valence-electron chi connectivity index (χ4n) is 2.39. The highest BCUT2D eigenvalue weighted by atomic mass is 19.2. The number of hydrogen-bond donors (Lipinski definition) is 1. The maximum Gasteiger partial charge on any atom is 0.241 e. The predicted molar refractivity (Wildman–Crippen MR) is 72.9 cm³/mol. The summed E-state index contributed by atoms with van der Waals surface area (Å²) in [5.74, 6) is -1.40.